The van der Waals surface area contributed by atoms with E-state index in [4.69, 9.17) is 0 Å². The minimum Gasteiger partial charge on any atom is -0.357 e. The zero-order chi connectivity index (χ0) is 14.5. The summed E-state index contributed by atoms with van der Waals surface area (Å²) in [6.07, 6.45) is 5.86. The molecule has 9 heteroatoms. The topological polar surface area (TPSA) is 96.7 Å². The molecular weight excluding hydrogens is 270 g/mol. The molecule has 0 unspecified atom stereocenters. The fourth-order valence-corrected chi connectivity index (χ4v) is 2.25. The summed E-state index contributed by atoms with van der Waals surface area (Å²) in [5.74, 6) is 1.89. The van der Waals surface area contributed by atoms with Crippen molar-refractivity contribution in [3.8, 4) is 0 Å². The third kappa shape index (κ3) is 3.36. The van der Waals surface area contributed by atoms with Crippen LogP contribution in [0.1, 0.15) is 12.8 Å². The number of nitrogens with one attached hydrogen (secondary N) is 2. The molecule has 2 aromatic heterocycles. The number of aromatic nitrogens is 6. The van der Waals surface area contributed by atoms with E-state index in [1.165, 1.54) is 12.8 Å². The Bertz CT molecular complexity index is 562. The van der Waals surface area contributed by atoms with E-state index >= 15 is 0 Å². The highest BCUT2D eigenvalue weighted by Crippen LogP contribution is 2.18. The van der Waals surface area contributed by atoms with Gasteiger partial charge in [-0.05, 0) is 12.8 Å². The van der Waals surface area contributed by atoms with Crippen LogP contribution in [0.4, 0.5) is 17.8 Å². The molecule has 21 heavy (non-hydrogen) atoms. The Labute approximate surface area is 122 Å². The molecule has 2 N–H and O–H groups in total. The normalized spacial score (nSPS) is 14.4. The molecule has 3 rings (SSSR count). The summed E-state index contributed by atoms with van der Waals surface area (Å²) in [5.41, 5.74) is 0. The van der Waals surface area contributed by atoms with Crippen molar-refractivity contribution in [1.29, 1.82) is 0 Å². The van der Waals surface area contributed by atoms with Gasteiger partial charge in [-0.2, -0.15) is 15.0 Å². The van der Waals surface area contributed by atoms with Crippen molar-refractivity contribution in [3.63, 3.8) is 0 Å². The molecule has 0 bridgehead atoms. The molecule has 1 aliphatic heterocycles. The van der Waals surface area contributed by atoms with E-state index in [-0.39, 0.29) is 0 Å². The van der Waals surface area contributed by atoms with E-state index in [9.17, 15) is 0 Å². The van der Waals surface area contributed by atoms with Gasteiger partial charge in [0.2, 0.25) is 17.8 Å². The van der Waals surface area contributed by atoms with E-state index in [2.05, 4.69) is 40.8 Å². The highest BCUT2D eigenvalue weighted by atomic mass is 15.4. The Morgan fingerprint density at radius 1 is 1.14 bits per heavy atom. The van der Waals surface area contributed by atoms with Crippen molar-refractivity contribution in [2.24, 2.45) is 0 Å². The summed E-state index contributed by atoms with van der Waals surface area (Å²) >= 11 is 0. The Morgan fingerprint density at radius 3 is 2.67 bits per heavy atom. The number of anilines is 3. The Hall–Kier alpha value is -2.45. The summed E-state index contributed by atoms with van der Waals surface area (Å²) in [7, 11) is 1.81. The summed E-state index contributed by atoms with van der Waals surface area (Å²) in [5, 5.41) is 13.9. The monoisotopic (exact) mass is 289 g/mol. The summed E-state index contributed by atoms with van der Waals surface area (Å²) in [4.78, 5) is 15.4. The second-order valence-electron chi connectivity index (χ2n) is 4.82. The van der Waals surface area contributed by atoms with Gasteiger partial charge in [-0.1, -0.05) is 5.21 Å². The maximum absolute atomic E-state index is 4.49. The van der Waals surface area contributed by atoms with Gasteiger partial charge in [-0.15, -0.1) is 5.10 Å². The van der Waals surface area contributed by atoms with Gasteiger partial charge in [0.25, 0.3) is 0 Å². The van der Waals surface area contributed by atoms with E-state index < -0.39 is 0 Å². The number of hydrogen-bond acceptors (Lipinski definition) is 8. The lowest BCUT2D eigenvalue weighted by Gasteiger charge is -2.16. The van der Waals surface area contributed by atoms with E-state index in [1.54, 1.807) is 10.9 Å². The van der Waals surface area contributed by atoms with Crippen LogP contribution < -0.4 is 15.5 Å². The van der Waals surface area contributed by atoms with Gasteiger partial charge in [0, 0.05) is 32.9 Å². The minimum absolute atomic E-state index is 0.579. The molecular formula is C12H19N9. The molecule has 0 saturated carbocycles. The minimum atomic E-state index is 0.579. The molecule has 112 valence electrons. The zero-order valence-electron chi connectivity index (χ0n) is 12.0. The van der Waals surface area contributed by atoms with Crippen LogP contribution in [0.25, 0.3) is 0 Å². The van der Waals surface area contributed by atoms with Crippen LogP contribution in [0, 0.1) is 0 Å². The molecule has 0 aromatic carbocycles. The first-order chi connectivity index (χ1) is 10.3. The maximum atomic E-state index is 4.49. The quantitative estimate of drug-likeness (QED) is 0.779. The van der Waals surface area contributed by atoms with E-state index in [1.807, 2.05) is 13.2 Å². The van der Waals surface area contributed by atoms with Gasteiger partial charge in [0.1, 0.15) is 0 Å². The van der Waals surface area contributed by atoms with E-state index in [0.29, 0.717) is 25.0 Å². The molecule has 0 radical (unpaired) electrons. The first-order valence-electron chi connectivity index (χ1n) is 7.12. The molecule has 3 heterocycles. The van der Waals surface area contributed by atoms with Crippen LogP contribution in [0.3, 0.4) is 0 Å². The van der Waals surface area contributed by atoms with Crippen molar-refractivity contribution in [1.82, 2.24) is 29.9 Å². The molecule has 0 spiro atoms. The smallest absolute Gasteiger partial charge is 0.231 e. The van der Waals surface area contributed by atoms with Crippen molar-refractivity contribution in [2.75, 3.05) is 42.2 Å². The lowest BCUT2D eigenvalue weighted by Crippen LogP contribution is -2.22. The second-order valence-corrected chi connectivity index (χ2v) is 4.82. The predicted octanol–water partition coefficient (Wildman–Crippen LogP) is 0.217. The largest absolute Gasteiger partial charge is 0.357 e. The van der Waals surface area contributed by atoms with Crippen molar-refractivity contribution in [2.45, 2.75) is 19.4 Å². The van der Waals surface area contributed by atoms with Crippen molar-refractivity contribution in [3.05, 3.63) is 12.4 Å². The van der Waals surface area contributed by atoms with Crippen LogP contribution in [0.5, 0.6) is 0 Å². The van der Waals surface area contributed by atoms with E-state index in [0.717, 1.165) is 19.0 Å². The van der Waals surface area contributed by atoms with Crippen LogP contribution in [0.15, 0.2) is 12.4 Å². The molecule has 2 aromatic rings. The maximum Gasteiger partial charge on any atom is 0.231 e. The van der Waals surface area contributed by atoms with Crippen LogP contribution in [-0.2, 0) is 6.54 Å². The van der Waals surface area contributed by atoms with Crippen LogP contribution >= 0.6 is 0 Å². The van der Waals surface area contributed by atoms with Gasteiger partial charge in [0.05, 0.1) is 12.7 Å². The van der Waals surface area contributed by atoms with Crippen LogP contribution in [-0.4, -0.2) is 56.6 Å². The molecule has 0 atom stereocenters. The summed E-state index contributed by atoms with van der Waals surface area (Å²) in [6, 6.07) is 0. The molecule has 1 aliphatic rings. The van der Waals surface area contributed by atoms with Crippen LogP contribution in [0.2, 0.25) is 0 Å². The van der Waals surface area contributed by atoms with Crippen molar-refractivity contribution < 1.29 is 0 Å². The van der Waals surface area contributed by atoms with Gasteiger partial charge in [-0.25, -0.2) is 0 Å². The van der Waals surface area contributed by atoms with Gasteiger partial charge >= 0.3 is 0 Å². The number of hydrogen-bond donors (Lipinski definition) is 2. The number of rotatable bonds is 6. The average molecular weight is 289 g/mol. The van der Waals surface area contributed by atoms with Gasteiger partial charge in [-0.3, -0.25) is 4.68 Å². The molecule has 0 aliphatic carbocycles. The summed E-state index contributed by atoms with van der Waals surface area (Å²) < 4.78 is 1.76. The highest BCUT2D eigenvalue weighted by Gasteiger charge is 2.17. The fourth-order valence-electron chi connectivity index (χ4n) is 2.25. The highest BCUT2D eigenvalue weighted by molar-refractivity contribution is 5.43. The lowest BCUT2D eigenvalue weighted by molar-refractivity contribution is 0.607. The third-order valence-corrected chi connectivity index (χ3v) is 3.33. The predicted molar refractivity (Wildman–Crippen MR) is 79.3 cm³/mol. The fraction of sp³-hybridized carbons (Fsp3) is 0.583. The first kappa shape index (κ1) is 13.5. The number of nitrogens with zero attached hydrogens (tertiary/aromatic N) is 7. The third-order valence-electron chi connectivity index (χ3n) is 3.33. The molecule has 0 amide bonds. The first-order valence-corrected chi connectivity index (χ1v) is 7.12. The zero-order valence-corrected chi connectivity index (χ0v) is 12.0. The molecule has 9 nitrogen and oxygen atoms in total. The average Bonchev–Trinajstić information content (AvgIpc) is 3.20. The SMILES string of the molecule is CNc1nc(NCCn2ccnn2)nc(N2CCCC2)n1. The Balaban J connectivity index is 1.66. The Morgan fingerprint density at radius 2 is 1.95 bits per heavy atom. The second kappa shape index (κ2) is 6.33. The molecule has 1 saturated heterocycles. The summed E-state index contributed by atoms with van der Waals surface area (Å²) in [6.45, 7) is 3.40. The molecule has 1 fully saturated rings. The van der Waals surface area contributed by atoms with Crippen molar-refractivity contribution >= 4 is 17.8 Å². The lowest BCUT2D eigenvalue weighted by atomic mass is 10.4. The Kier molecular flexibility index (Phi) is 4.08. The standard InChI is InChI=1S/C12H19N9/c1-13-10-16-11(14-4-8-21-9-5-15-19-21)18-12(17-10)20-6-2-3-7-20/h5,9H,2-4,6-8H2,1H3,(H2,13,14,16,17,18). The van der Waals surface area contributed by atoms with Gasteiger partial charge in [0.15, 0.2) is 0 Å². The van der Waals surface area contributed by atoms with Gasteiger partial charge < -0.3 is 15.5 Å².